The second-order valence-electron chi connectivity index (χ2n) is 8.85. The highest BCUT2D eigenvalue weighted by atomic mass is 19.4. The van der Waals surface area contributed by atoms with Gasteiger partial charge in [-0.3, -0.25) is 4.79 Å². The molecule has 34 heavy (non-hydrogen) atoms. The molecule has 0 radical (unpaired) electrons. The van der Waals surface area contributed by atoms with E-state index in [9.17, 15) is 23.1 Å². The summed E-state index contributed by atoms with van der Waals surface area (Å²) in [7, 11) is 0. The van der Waals surface area contributed by atoms with Gasteiger partial charge in [0, 0.05) is 31.0 Å². The average molecular weight is 478 g/mol. The molecule has 7 nitrogen and oxygen atoms in total. The molecule has 1 amide bonds. The fourth-order valence-electron chi connectivity index (χ4n) is 4.54. The molecule has 2 aliphatic rings. The Hall–Kier alpha value is -3.05. The number of hydrogen-bond acceptors (Lipinski definition) is 5. The van der Waals surface area contributed by atoms with Gasteiger partial charge in [-0.1, -0.05) is 6.07 Å². The SMILES string of the molecule is Cc1nn2cc(C3CC3)cnc2c1C(=O)N[C@]1(c2ccc(C(F)(F)F)cc2F)CCOC[C@H]1O. The van der Waals surface area contributed by atoms with Gasteiger partial charge in [0.2, 0.25) is 0 Å². The van der Waals surface area contributed by atoms with Crippen molar-refractivity contribution in [2.45, 2.75) is 49.9 Å². The Morgan fingerprint density at radius 2 is 2.09 bits per heavy atom. The minimum absolute atomic E-state index is 0.0420. The number of alkyl halides is 3. The second-order valence-corrected chi connectivity index (χ2v) is 8.85. The summed E-state index contributed by atoms with van der Waals surface area (Å²) >= 11 is 0. The van der Waals surface area contributed by atoms with Crippen molar-refractivity contribution < 1.29 is 32.2 Å². The van der Waals surface area contributed by atoms with E-state index in [0.29, 0.717) is 23.3 Å². The fraction of sp³-hybridized carbons (Fsp3) is 0.435. The lowest BCUT2D eigenvalue weighted by molar-refractivity contribution is -0.137. The van der Waals surface area contributed by atoms with Crippen LogP contribution < -0.4 is 5.32 Å². The van der Waals surface area contributed by atoms with Crippen molar-refractivity contribution in [2.75, 3.05) is 13.2 Å². The van der Waals surface area contributed by atoms with E-state index in [1.807, 2.05) is 6.20 Å². The number of aromatic nitrogens is 3. The highest BCUT2D eigenvalue weighted by Crippen LogP contribution is 2.40. The Morgan fingerprint density at radius 3 is 2.74 bits per heavy atom. The first-order valence-electron chi connectivity index (χ1n) is 10.9. The molecule has 1 aliphatic carbocycles. The van der Waals surface area contributed by atoms with E-state index in [2.05, 4.69) is 15.4 Å². The van der Waals surface area contributed by atoms with Crippen LogP contribution in [0.25, 0.3) is 5.65 Å². The van der Waals surface area contributed by atoms with Crippen LogP contribution in [0.3, 0.4) is 0 Å². The van der Waals surface area contributed by atoms with E-state index in [1.54, 1.807) is 13.1 Å². The summed E-state index contributed by atoms with van der Waals surface area (Å²) in [6.07, 6.45) is -0.516. The molecule has 2 N–H and O–H groups in total. The van der Waals surface area contributed by atoms with Gasteiger partial charge >= 0.3 is 6.18 Å². The monoisotopic (exact) mass is 478 g/mol. The number of halogens is 4. The van der Waals surface area contributed by atoms with Crippen LogP contribution in [0.15, 0.2) is 30.6 Å². The van der Waals surface area contributed by atoms with Crippen molar-refractivity contribution in [3.05, 3.63) is 64.4 Å². The molecule has 1 aliphatic heterocycles. The number of aliphatic hydroxyl groups is 1. The molecule has 1 saturated carbocycles. The zero-order valence-corrected chi connectivity index (χ0v) is 18.2. The van der Waals surface area contributed by atoms with Crippen molar-refractivity contribution in [2.24, 2.45) is 0 Å². The second kappa shape index (κ2) is 8.02. The summed E-state index contributed by atoms with van der Waals surface area (Å²) in [5, 5.41) is 17.9. The van der Waals surface area contributed by atoms with E-state index < -0.39 is 35.1 Å². The largest absolute Gasteiger partial charge is 0.416 e. The average Bonchev–Trinajstić information content (AvgIpc) is 3.56. The Kier molecular flexibility index (Phi) is 5.36. The van der Waals surface area contributed by atoms with Gasteiger partial charge in [0.05, 0.1) is 23.4 Å². The normalized spacial score (nSPS) is 23.3. The number of carbonyl (C=O) groups is 1. The molecule has 2 fully saturated rings. The van der Waals surface area contributed by atoms with Crippen LogP contribution in [0.1, 0.15) is 57.9 Å². The van der Waals surface area contributed by atoms with E-state index in [0.717, 1.165) is 30.5 Å². The Bertz CT molecular complexity index is 1270. The number of carbonyl (C=O) groups excluding carboxylic acids is 1. The van der Waals surface area contributed by atoms with Crippen molar-refractivity contribution >= 4 is 11.6 Å². The summed E-state index contributed by atoms with van der Waals surface area (Å²) < 4.78 is 61.0. The van der Waals surface area contributed by atoms with Gasteiger partial charge < -0.3 is 15.2 Å². The highest BCUT2D eigenvalue weighted by Gasteiger charge is 2.46. The van der Waals surface area contributed by atoms with Gasteiger partial charge in [-0.15, -0.1) is 0 Å². The van der Waals surface area contributed by atoms with Crippen molar-refractivity contribution in [3.63, 3.8) is 0 Å². The molecule has 11 heteroatoms. The number of aliphatic hydroxyl groups excluding tert-OH is 1. The maximum absolute atomic E-state index is 15.0. The maximum Gasteiger partial charge on any atom is 0.416 e. The van der Waals surface area contributed by atoms with Crippen molar-refractivity contribution in [1.82, 2.24) is 19.9 Å². The standard InChI is InChI=1S/C23H22F4N4O3/c1-12-19(20-28-9-14(13-2-3-13)10-31(20)30-12)21(33)29-22(6-7-34-11-18(22)32)16-5-4-15(8-17(16)24)23(25,26)27/h4-5,8-10,13,18,32H,2-3,6-7,11H2,1H3,(H,29,33)/t18-,22+/m1/s1. The van der Waals surface area contributed by atoms with Gasteiger partial charge in [-0.25, -0.2) is 13.9 Å². The zero-order chi connectivity index (χ0) is 24.3. The number of rotatable bonds is 4. The molecular weight excluding hydrogens is 456 g/mol. The van der Waals surface area contributed by atoms with E-state index in [-0.39, 0.29) is 30.8 Å². The van der Waals surface area contributed by atoms with Crippen LogP contribution in [0, 0.1) is 12.7 Å². The van der Waals surface area contributed by atoms with Crippen LogP contribution >= 0.6 is 0 Å². The third kappa shape index (κ3) is 3.82. The number of nitrogens with zero attached hydrogens (tertiary/aromatic N) is 3. The van der Waals surface area contributed by atoms with E-state index in [4.69, 9.17) is 4.74 Å². The Balaban J connectivity index is 1.54. The van der Waals surface area contributed by atoms with Crippen LogP contribution in [-0.4, -0.2) is 44.9 Å². The number of amides is 1. The Morgan fingerprint density at radius 1 is 1.32 bits per heavy atom. The molecule has 1 saturated heterocycles. The number of aryl methyl sites for hydroxylation is 1. The summed E-state index contributed by atoms with van der Waals surface area (Å²) in [4.78, 5) is 17.8. The van der Waals surface area contributed by atoms with Gasteiger partial charge in [-0.05, 0) is 43.4 Å². The van der Waals surface area contributed by atoms with Crippen LogP contribution in [0.2, 0.25) is 0 Å². The molecule has 3 heterocycles. The molecule has 3 aromatic rings. The number of hydrogen-bond donors (Lipinski definition) is 2. The lowest BCUT2D eigenvalue weighted by atomic mass is 9.79. The van der Waals surface area contributed by atoms with Gasteiger partial charge in [-0.2, -0.15) is 18.3 Å². The van der Waals surface area contributed by atoms with Crippen LogP contribution in [0.4, 0.5) is 17.6 Å². The topological polar surface area (TPSA) is 88.8 Å². The first kappa shape index (κ1) is 22.7. The summed E-state index contributed by atoms with van der Waals surface area (Å²) in [6.45, 7) is 1.47. The lowest BCUT2D eigenvalue weighted by Crippen LogP contribution is -2.59. The molecule has 2 atom stereocenters. The molecule has 2 aromatic heterocycles. The molecule has 5 rings (SSSR count). The van der Waals surface area contributed by atoms with Crippen LogP contribution in [-0.2, 0) is 16.5 Å². The predicted octanol–water partition coefficient (Wildman–Crippen LogP) is 3.48. The third-order valence-electron chi connectivity index (χ3n) is 6.54. The first-order chi connectivity index (χ1) is 16.1. The summed E-state index contributed by atoms with van der Waals surface area (Å²) in [5.41, 5.74) is -1.27. The first-order valence-corrected chi connectivity index (χ1v) is 10.9. The molecule has 0 unspecified atom stereocenters. The third-order valence-corrected chi connectivity index (χ3v) is 6.54. The molecule has 1 aromatic carbocycles. The van der Waals surface area contributed by atoms with E-state index >= 15 is 4.39 Å². The number of fused-ring (bicyclic) bond motifs is 1. The van der Waals surface area contributed by atoms with Crippen molar-refractivity contribution in [3.8, 4) is 0 Å². The maximum atomic E-state index is 15.0. The molecule has 0 spiro atoms. The Labute approximate surface area is 191 Å². The minimum atomic E-state index is -4.73. The quantitative estimate of drug-likeness (QED) is 0.561. The summed E-state index contributed by atoms with van der Waals surface area (Å²) in [5.74, 6) is -1.42. The zero-order valence-electron chi connectivity index (χ0n) is 18.2. The number of benzene rings is 1. The highest BCUT2D eigenvalue weighted by molar-refractivity contribution is 6.01. The molecule has 0 bridgehead atoms. The number of ether oxygens (including phenoxy) is 1. The van der Waals surface area contributed by atoms with Gasteiger partial charge in [0.15, 0.2) is 5.65 Å². The van der Waals surface area contributed by atoms with Crippen molar-refractivity contribution in [1.29, 1.82) is 0 Å². The fourth-order valence-corrected chi connectivity index (χ4v) is 4.54. The van der Waals surface area contributed by atoms with Gasteiger partial charge in [0.1, 0.15) is 17.5 Å². The molecular formula is C23H22F4N4O3. The van der Waals surface area contributed by atoms with Crippen LogP contribution in [0.5, 0.6) is 0 Å². The van der Waals surface area contributed by atoms with Gasteiger partial charge in [0.25, 0.3) is 5.91 Å². The lowest BCUT2D eigenvalue weighted by Gasteiger charge is -2.42. The minimum Gasteiger partial charge on any atom is -0.388 e. The van der Waals surface area contributed by atoms with E-state index in [1.165, 1.54) is 4.52 Å². The summed E-state index contributed by atoms with van der Waals surface area (Å²) in [6, 6.07) is 2.05. The predicted molar refractivity (Wildman–Crippen MR) is 112 cm³/mol. The number of nitrogens with one attached hydrogen (secondary N) is 1. The molecule has 180 valence electrons. The smallest absolute Gasteiger partial charge is 0.388 e.